The van der Waals surface area contributed by atoms with Gasteiger partial charge in [-0.05, 0) is 57.0 Å². The molecule has 224 valence electrons. The summed E-state index contributed by atoms with van der Waals surface area (Å²) in [5.74, 6) is 0. The Bertz CT molecular complexity index is 2570. The van der Waals surface area contributed by atoms with Crippen LogP contribution in [0.2, 0.25) is 0 Å². The Kier molecular flexibility index (Phi) is 6.80. The van der Waals surface area contributed by atoms with E-state index in [1.54, 1.807) is 0 Å². The minimum Gasteiger partial charge on any atom is -0.256 e. The molecule has 9 rings (SSSR count). The first-order valence-corrected chi connectivity index (χ1v) is 16.2. The van der Waals surface area contributed by atoms with Gasteiger partial charge < -0.3 is 0 Å². The number of pyridine rings is 1. The summed E-state index contributed by atoms with van der Waals surface area (Å²) in [4.78, 5) is 14.9. The van der Waals surface area contributed by atoms with Crippen LogP contribution in [0.4, 0.5) is 0 Å². The molecule has 3 heteroatoms. The molecule has 2 aromatic heterocycles. The first-order chi connectivity index (χ1) is 23.8. The molecule has 0 aliphatic carbocycles. The molecule has 0 aliphatic rings. The van der Waals surface area contributed by atoms with E-state index in [0.717, 1.165) is 50.0 Å². The van der Waals surface area contributed by atoms with Crippen LogP contribution in [-0.2, 0) is 0 Å². The van der Waals surface area contributed by atoms with Gasteiger partial charge in [-0.3, -0.25) is 4.98 Å². The monoisotopic (exact) mass is 611 g/mol. The molecule has 0 fully saturated rings. The van der Waals surface area contributed by atoms with E-state index < -0.39 is 0 Å². The standard InChI is InChI=1S/C45H29N3/c1-2-8-30(9-3-1)31-17-23-36(24-18-31)44-45(48-42-14-5-4-13-41(42)47-44)37-25-19-33(20-26-37)32-15-21-34(22-16-32)38-11-6-12-40-39(38)28-27-35-10-7-29-46-43(35)40/h1-29H. The molecule has 0 aliphatic heterocycles. The number of aromatic nitrogens is 3. The van der Waals surface area contributed by atoms with E-state index in [2.05, 4.69) is 138 Å². The van der Waals surface area contributed by atoms with Crippen LogP contribution in [0.15, 0.2) is 176 Å². The van der Waals surface area contributed by atoms with E-state index in [4.69, 9.17) is 9.97 Å². The molecule has 3 nitrogen and oxygen atoms in total. The average molecular weight is 612 g/mol. The summed E-state index contributed by atoms with van der Waals surface area (Å²) in [6, 6.07) is 59.6. The van der Waals surface area contributed by atoms with Crippen molar-refractivity contribution in [2.24, 2.45) is 0 Å². The van der Waals surface area contributed by atoms with Crippen molar-refractivity contribution in [1.29, 1.82) is 0 Å². The Morgan fingerprint density at radius 3 is 1.44 bits per heavy atom. The normalized spacial score (nSPS) is 11.3. The number of rotatable bonds is 5. The number of para-hydroxylation sites is 2. The second kappa shape index (κ2) is 11.7. The SMILES string of the molecule is c1ccc(-c2ccc(-c3nc4ccccc4nc3-c3ccc(-c4ccc(-c5cccc6c5ccc5cccnc56)cc4)cc3)cc2)cc1. The van der Waals surface area contributed by atoms with Gasteiger partial charge >= 0.3 is 0 Å². The molecular formula is C45H29N3. The highest BCUT2D eigenvalue weighted by molar-refractivity contribution is 6.10. The van der Waals surface area contributed by atoms with Gasteiger partial charge in [0, 0.05) is 28.1 Å². The van der Waals surface area contributed by atoms with Crippen LogP contribution in [0, 0.1) is 0 Å². The first-order valence-electron chi connectivity index (χ1n) is 16.2. The Hall–Kier alpha value is -6.45. The largest absolute Gasteiger partial charge is 0.256 e. The van der Waals surface area contributed by atoms with Crippen molar-refractivity contribution in [3.8, 4) is 55.9 Å². The number of benzene rings is 7. The van der Waals surface area contributed by atoms with Crippen LogP contribution in [0.3, 0.4) is 0 Å². The van der Waals surface area contributed by atoms with Crippen LogP contribution < -0.4 is 0 Å². The third-order valence-electron chi connectivity index (χ3n) is 9.15. The van der Waals surface area contributed by atoms with Crippen molar-refractivity contribution in [3.05, 3.63) is 176 Å². The number of hydrogen-bond donors (Lipinski definition) is 0. The van der Waals surface area contributed by atoms with Crippen LogP contribution in [-0.4, -0.2) is 15.0 Å². The summed E-state index contributed by atoms with van der Waals surface area (Å²) in [5, 5.41) is 3.54. The summed E-state index contributed by atoms with van der Waals surface area (Å²) in [6.45, 7) is 0. The molecule has 7 aromatic carbocycles. The van der Waals surface area contributed by atoms with Crippen molar-refractivity contribution < 1.29 is 0 Å². The van der Waals surface area contributed by atoms with Gasteiger partial charge in [-0.15, -0.1) is 0 Å². The van der Waals surface area contributed by atoms with E-state index in [-0.39, 0.29) is 0 Å². The third-order valence-corrected chi connectivity index (χ3v) is 9.15. The molecule has 0 radical (unpaired) electrons. The van der Waals surface area contributed by atoms with Crippen molar-refractivity contribution in [1.82, 2.24) is 15.0 Å². The molecule has 0 saturated carbocycles. The zero-order valence-corrected chi connectivity index (χ0v) is 26.1. The van der Waals surface area contributed by atoms with Gasteiger partial charge in [-0.1, -0.05) is 152 Å². The second-order valence-electron chi connectivity index (χ2n) is 12.0. The lowest BCUT2D eigenvalue weighted by Crippen LogP contribution is -1.95. The van der Waals surface area contributed by atoms with Crippen molar-refractivity contribution in [2.45, 2.75) is 0 Å². The molecule has 0 atom stereocenters. The molecule has 2 heterocycles. The molecule has 9 aromatic rings. The Morgan fingerprint density at radius 1 is 0.312 bits per heavy atom. The summed E-state index contributed by atoms with van der Waals surface area (Å²) in [7, 11) is 0. The van der Waals surface area contributed by atoms with E-state index >= 15 is 0 Å². The lowest BCUT2D eigenvalue weighted by Gasteiger charge is -2.12. The average Bonchev–Trinajstić information content (AvgIpc) is 3.17. The van der Waals surface area contributed by atoms with Crippen LogP contribution >= 0.6 is 0 Å². The van der Waals surface area contributed by atoms with Crippen LogP contribution in [0.25, 0.3) is 88.6 Å². The van der Waals surface area contributed by atoms with Gasteiger partial charge in [-0.2, -0.15) is 0 Å². The lowest BCUT2D eigenvalue weighted by molar-refractivity contribution is 1.29. The van der Waals surface area contributed by atoms with Gasteiger partial charge in [0.2, 0.25) is 0 Å². The minimum absolute atomic E-state index is 0.876. The fraction of sp³-hybridized carbons (Fsp3) is 0. The summed E-state index contributed by atoms with van der Waals surface area (Å²) in [5.41, 5.74) is 13.7. The van der Waals surface area contributed by atoms with Gasteiger partial charge in [0.25, 0.3) is 0 Å². The van der Waals surface area contributed by atoms with Crippen LogP contribution in [0.5, 0.6) is 0 Å². The Labute approximate surface area is 278 Å². The fourth-order valence-corrected chi connectivity index (χ4v) is 6.67. The predicted octanol–water partition coefficient (Wildman–Crippen LogP) is 11.7. The van der Waals surface area contributed by atoms with Crippen molar-refractivity contribution in [3.63, 3.8) is 0 Å². The van der Waals surface area contributed by atoms with Crippen LogP contribution in [0.1, 0.15) is 0 Å². The molecule has 0 unspecified atom stereocenters. The van der Waals surface area contributed by atoms with E-state index in [0.29, 0.717) is 0 Å². The first kappa shape index (κ1) is 27.8. The summed E-state index contributed by atoms with van der Waals surface area (Å²) < 4.78 is 0. The number of hydrogen-bond acceptors (Lipinski definition) is 3. The van der Waals surface area contributed by atoms with E-state index in [1.807, 2.05) is 42.6 Å². The Balaban J connectivity index is 1.05. The Morgan fingerprint density at radius 2 is 0.833 bits per heavy atom. The lowest BCUT2D eigenvalue weighted by atomic mass is 9.94. The molecule has 0 bridgehead atoms. The quantitative estimate of drug-likeness (QED) is 0.182. The van der Waals surface area contributed by atoms with Gasteiger partial charge in [0.15, 0.2) is 0 Å². The maximum Gasteiger partial charge on any atom is 0.0973 e. The zero-order valence-electron chi connectivity index (χ0n) is 26.1. The fourth-order valence-electron chi connectivity index (χ4n) is 6.67. The smallest absolute Gasteiger partial charge is 0.0973 e. The van der Waals surface area contributed by atoms with E-state index in [9.17, 15) is 0 Å². The third kappa shape index (κ3) is 4.99. The molecule has 0 saturated heterocycles. The summed E-state index contributed by atoms with van der Waals surface area (Å²) in [6.07, 6.45) is 1.87. The van der Waals surface area contributed by atoms with Gasteiger partial charge in [-0.25, -0.2) is 9.97 Å². The minimum atomic E-state index is 0.876. The molecule has 0 spiro atoms. The highest BCUT2D eigenvalue weighted by Crippen LogP contribution is 2.36. The molecular weight excluding hydrogens is 583 g/mol. The maximum absolute atomic E-state index is 5.13. The molecule has 0 N–H and O–H groups in total. The van der Waals surface area contributed by atoms with Crippen molar-refractivity contribution in [2.75, 3.05) is 0 Å². The maximum atomic E-state index is 5.13. The van der Waals surface area contributed by atoms with Gasteiger partial charge in [0.05, 0.1) is 27.9 Å². The highest BCUT2D eigenvalue weighted by atomic mass is 14.8. The second-order valence-corrected chi connectivity index (χ2v) is 12.0. The van der Waals surface area contributed by atoms with E-state index in [1.165, 1.54) is 38.6 Å². The zero-order chi connectivity index (χ0) is 31.9. The number of nitrogens with zero attached hydrogens (tertiary/aromatic N) is 3. The highest BCUT2D eigenvalue weighted by Gasteiger charge is 2.14. The molecule has 0 amide bonds. The topological polar surface area (TPSA) is 38.7 Å². The summed E-state index contributed by atoms with van der Waals surface area (Å²) >= 11 is 0. The molecule has 48 heavy (non-hydrogen) atoms. The number of fused-ring (bicyclic) bond motifs is 4. The van der Waals surface area contributed by atoms with Crippen molar-refractivity contribution >= 4 is 32.7 Å². The predicted molar refractivity (Wildman–Crippen MR) is 200 cm³/mol. The van der Waals surface area contributed by atoms with Gasteiger partial charge in [0.1, 0.15) is 0 Å².